The third kappa shape index (κ3) is 3.93. The van der Waals surface area contributed by atoms with Crippen molar-refractivity contribution < 1.29 is 21.6 Å². The molecule has 0 unspecified atom stereocenters. The molecule has 7 nitrogen and oxygen atoms in total. The minimum Gasteiger partial charge on any atom is -0.408 e. The highest BCUT2D eigenvalue weighted by atomic mass is 79.9. The topological polar surface area (TPSA) is 94.2 Å². The monoisotopic (exact) mass is 523 g/mol. The van der Waals surface area contributed by atoms with Crippen LogP contribution in [0.5, 0.6) is 0 Å². The summed E-state index contributed by atoms with van der Waals surface area (Å²) < 4.78 is 62.9. The van der Waals surface area contributed by atoms with Gasteiger partial charge in [-0.2, -0.15) is 4.39 Å². The first kappa shape index (κ1) is 22.2. The zero-order valence-electron chi connectivity index (χ0n) is 16.8. The van der Waals surface area contributed by atoms with Crippen LogP contribution in [0.4, 0.5) is 14.6 Å². The van der Waals surface area contributed by atoms with Crippen LogP contribution < -0.4 is 10.5 Å². The number of benzene rings is 2. The Morgan fingerprint density at radius 3 is 2.59 bits per heavy atom. The van der Waals surface area contributed by atoms with Crippen molar-refractivity contribution in [3.05, 3.63) is 86.4 Å². The summed E-state index contributed by atoms with van der Waals surface area (Å²) in [5.74, 6) is -3.09. The van der Waals surface area contributed by atoms with Crippen LogP contribution in [0.15, 0.2) is 67.1 Å². The van der Waals surface area contributed by atoms with Crippen LogP contribution >= 0.6 is 15.9 Å². The molecule has 0 aliphatic carbocycles. The lowest BCUT2D eigenvalue weighted by Crippen LogP contribution is -2.20. The molecule has 2 aromatic carbocycles. The average Bonchev–Trinajstić information content (AvgIpc) is 3.03. The van der Waals surface area contributed by atoms with Crippen LogP contribution in [-0.4, -0.2) is 18.0 Å². The maximum Gasteiger partial charge on any atom is 0.420 e. The molecule has 0 aliphatic heterocycles. The van der Waals surface area contributed by atoms with Gasteiger partial charge >= 0.3 is 5.76 Å². The number of pyridine rings is 1. The first-order valence-corrected chi connectivity index (χ1v) is 11.6. The molecule has 2 aromatic heterocycles. The van der Waals surface area contributed by atoms with Gasteiger partial charge in [-0.25, -0.2) is 22.6 Å². The molecule has 0 radical (unpaired) electrons. The molecule has 166 valence electrons. The summed E-state index contributed by atoms with van der Waals surface area (Å²) >= 11 is 3.45. The summed E-state index contributed by atoms with van der Waals surface area (Å²) in [7, 11) is -4.47. The van der Waals surface area contributed by atoms with Gasteiger partial charge < -0.3 is 4.42 Å². The standard InChI is InChI=1S/C21H16BrF2N3O4S/c1-11-13(5-3-6-14(11)22)12(2)27-16-9-15(23)18(10-17(16)31-21(27)28)32(29,30)26-20-8-4-7-19(24)25-20/h3-10,12H,1-2H3,(H,25,26)/t12-/m1/s1. The van der Waals surface area contributed by atoms with Crippen molar-refractivity contribution in [1.82, 2.24) is 9.55 Å². The van der Waals surface area contributed by atoms with Gasteiger partial charge in [-0.15, -0.1) is 0 Å². The van der Waals surface area contributed by atoms with Crippen molar-refractivity contribution >= 4 is 42.9 Å². The summed E-state index contributed by atoms with van der Waals surface area (Å²) in [4.78, 5) is 15.2. The number of anilines is 1. The Hall–Kier alpha value is -3.05. The summed E-state index contributed by atoms with van der Waals surface area (Å²) in [6.45, 7) is 3.63. The van der Waals surface area contributed by atoms with Crippen LogP contribution in [-0.2, 0) is 10.0 Å². The minimum atomic E-state index is -4.47. The molecule has 0 amide bonds. The number of aromatic nitrogens is 2. The van der Waals surface area contributed by atoms with Crippen molar-refractivity contribution in [3.8, 4) is 0 Å². The second-order valence-electron chi connectivity index (χ2n) is 7.07. The van der Waals surface area contributed by atoms with E-state index in [4.69, 9.17) is 4.42 Å². The van der Waals surface area contributed by atoms with Gasteiger partial charge in [0.25, 0.3) is 10.0 Å². The highest BCUT2D eigenvalue weighted by molar-refractivity contribution is 9.10. The van der Waals surface area contributed by atoms with E-state index in [1.165, 1.54) is 16.7 Å². The van der Waals surface area contributed by atoms with Gasteiger partial charge in [0, 0.05) is 16.6 Å². The molecule has 4 aromatic rings. The largest absolute Gasteiger partial charge is 0.420 e. The average molecular weight is 524 g/mol. The summed E-state index contributed by atoms with van der Waals surface area (Å²) in [5, 5.41) is 0. The Morgan fingerprint density at radius 2 is 1.88 bits per heavy atom. The third-order valence-electron chi connectivity index (χ3n) is 5.06. The molecule has 0 saturated carbocycles. The fraction of sp³-hybridized carbons (Fsp3) is 0.143. The van der Waals surface area contributed by atoms with Crippen molar-refractivity contribution in [2.45, 2.75) is 24.8 Å². The molecule has 11 heteroatoms. The number of fused-ring (bicyclic) bond motifs is 1. The van der Waals surface area contributed by atoms with E-state index in [1.54, 1.807) is 6.92 Å². The predicted octanol–water partition coefficient (Wildman–Crippen LogP) is 4.75. The number of halogens is 3. The molecule has 2 heterocycles. The van der Waals surface area contributed by atoms with Crippen LogP contribution in [0.25, 0.3) is 11.1 Å². The molecule has 4 rings (SSSR count). The molecule has 0 bridgehead atoms. The van der Waals surface area contributed by atoms with Crippen LogP contribution in [0.2, 0.25) is 0 Å². The highest BCUT2D eigenvalue weighted by Crippen LogP contribution is 2.30. The SMILES string of the molecule is Cc1c(Br)cccc1[C@@H](C)n1c(=O)oc2cc(S(=O)(=O)Nc3cccc(F)n3)c(F)cc21. The molecule has 32 heavy (non-hydrogen) atoms. The van der Waals surface area contributed by atoms with Gasteiger partial charge in [0.15, 0.2) is 5.58 Å². The lowest BCUT2D eigenvalue weighted by atomic mass is 10.0. The van der Waals surface area contributed by atoms with Crippen molar-refractivity contribution in [1.29, 1.82) is 0 Å². The Bertz CT molecular complexity index is 1520. The maximum absolute atomic E-state index is 14.9. The number of hydrogen-bond acceptors (Lipinski definition) is 5. The van der Waals surface area contributed by atoms with Crippen LogP contribution in [0.3, 0.4) is 0 Å². The van der Waals surface area contributed by atoms with E-state index in [0.717, 1.165) is 33.8 Å². The van der Waals surface area contributed by atoms with Gasteiger partial charge in [-0.05, 0) is 43.2 Å². The van der Waals surface area contributed by atoms with Crippen LogP contribution in [0, 0.1) is 18.7 Å². The van der Waals surface area contributed by atoms with E-state index in [2.05, 4.69) is 20.9 Å². The van der Waals surface area contributed by atoms with E-state index in [0.29, 0.717) is 0 Å². The van der Waals surface area contributed by atoms with Crippen LogP contribution in [0.1, 0.15) is 24.1 Å². The molecule has 0 saturated heterocycles. The Labute approximate surface area is 189 Å². The normalized spacial score (nSPS) is 12.8. The second-order valence-corrected chi connectivity index (χ2v) is 9.57. The molecular formula is C21H16BrF2N3O4S. The van der Waals surface area contributed by atoms with Crippen molar-refractivity contribution in [3.63, 3.8) is 0 Å². The Kier molecular flexibility index (Phi) is 5.63. The lowest BCUT2D eigenvalue weighted by molar-refractivity contribution is 0.488. The van der Waals surface area contributed by atoms with Crippen molar-refractivity contribution in [2.75, 3.05) is 4.72 Å². The van der Waals surface area contributed by atoms with E-state index in [1.807, 2.05) is 29.8 Å². The van der Waals surface area contributed by atoms with E-state index >= 15 is 0 Å². The number of hydrogen-bond donors (Lipinski definition) is 1. The summed E-state index contributed by atoms with van der Waals surface area (Å²) in [6, 6.07) is 10.4. The summed E-state index contributed by atoms with van der Waals surface area (Å²) in [5.41, 5.74) is 1.69. The number of sulfonamides is 1. The second kappa shape index (κ2) is 8.14. The number of rotatable bonds is 5. The predicted molar refractivity (Wildman–Crippen MR) is 118 cm³/mol. The van der Waals surface area contributed by atoms with Crippen molar-refractivity contribution in [2.24, 2.45) is 0 Å². The minimum absolute atomic E-state index is 0.0993. The van der Waals surface area contributed by atoms with Gasteiger partial charge in [-0.3, -0.25) is 9.29 Å². The molecule has 1 atom stereocenters. The van der Waals surface area contributed by atoms with Gasteiger partial charge in [0.2, 0.25) is 5.95 Å². The van der Waals surface area contributed by atoms with E-state index in [-0.39, 0.29) is 16.9 Å². The van der Waals surface area contributed by atoms with Gasteiger partial charge in [-0.1, -0.05) is 34.1 Å². The molecule has 0 fully saturated rings. The number of nitrogens with zero attached hydrogens (tertiary/aromatic N) is 2. The number of nitrogens with one attached hydrogen (secondary N) is 1. The number of oxazole rings is 1. The van der Waals surface area contributed by atoms with E-state index < -0.39 is 38.5 Å². The highest BCUT2D eigenvalue weighted by Gasteiger charge is 2.25. The quantitative estimate of drug-likeness (QED) is 0.381. The van der Waals surface area contributed by atoms with Gasteiger partial charge in [0.1, 0.15) is 16.5 Å². The van der Waals surface area contributed by atoms with E-state index in [9.17, 15) is 22.0 Å². The fourth-order valence-corrected chi connectivity index (χ4v) is 4.94. The smallest absolute Gasteiger partial charge is 0.408 e. The molecular weight excluding hydrogens is 508 g/mol. The third-order valence-corrected chi connectivity index (χ3v) is 7.29. The first-order valence-electron chi connectivity index (χ1n) is 9.33. The Morgan fingerprint density at radius 1 is 1.16 bits per heavy atom. The first-order chi connectivity index (χ1) is 15.1. The van der Waals surface area contributed by atoms with Gasteiger partial charge in [0.05, 0.1) is 11.6 Å². The Balaban J connectivity index is 1.81. The molecule has 1 N–H and O–H groups in total. The molecule has 0 spiro atoms. The zero-order valence-corrected chi connectivity index (χ0v) is 19.2. The fourth-order valence-electron chi connectivity index (χ4n) is 3.48. The maximum atomic E-state index is 14.9. The zero-order chi connectivity index (χ0) is 23.2. The lowest BCUT2D eigenvalue weighted by Gasteiger charge is -2.17. The molecule has 0 aliphatic rings. The summed E-state index contributed by atoms with van der Waals surface area (Å²) in [6.07, 6.45) is 0.